The van der Waals surface area contributed by atoms with Gasteiger partial charge >= 0.3 is 5.97 Å². The van der Waals surface area contributed by atoms with E-state index in [1.165, 1.54) is 10.5 Å². The lowest BCUT2D eigenvalue weighted by atomic mass is 9.98. The number of aryl methyl sites for hydroxylation is 2. The van der Waals surface area contributed by atoms with Crippen molar-refractivity contribution in [3.8, 4) is 0 Å². The Morgan fingerprint density at radius 3 is 2.46 bits per heavy atom. The summed E-state index contributed by atoms with van der Waals surface area (Å²) in [4.78, 5) is 38.8. The molecule has 1 atom stereocenters. The van der Waals surface area contributed by atoms with E-state index in [0.29, 0.717) is 32.2 Å². The first-order chi connectivity index (χ1) is 12.4. The number of hydrogen-bond donors (Lipinski definition) is 1. The third-order valence-electron chi connectivity index (χ3n) is 4.98. The maximum Gasteiger partial charge on any atom is 0.308 e. The Kier molecular flexibility index (Phi) is 7.18. The summed E-state index contributed by atoms with van der Waals surface area (Å²) in [5.74, 6) is -1.62. The van der Waals surface area contributed by atoms with Crippen LogP contribution in [-0.4, -0.2) is 59.4 Å². The number of piperidine rings is 1. The number of nitrogens with zero attached hydrogens (tertiary/aromatic N) is 2. The molecule has 26 heavy (non-hydrogen) atoms. The molecule has 1 saturated heterocycles. The van der Waals surface area contributed by atoms with Crippen molar-refractivity contribution in [2.24, 2.45) is 5.92 Å². The molecule has 2 rings (SSSR count). The summed E-state index contributed by atoms with van der Waals surface area (Å²) in [7, 11) is 1.62. The molecule has 1 aliphatic rings. The molecule has 1 N–H and O–H groups in total. The molecule has 0 aliphatic carbocycles. The van der Waals surface area contributed by atoms with Gasteiger partial charge in [0.25, 0.3) is 0 Å². The van der Waals surface area contributed by atoms with Crippen LogP contribution in [0.25, 0.3) is 0 Å². The molecule has 142 valence electrons. The molecular weight excluding hydrogens is 332 g/mol. The number of carbonyl (C=O) groups excluding carboxylic acids is 2. The topological polar surface area (TPSA) is 77.9 Å². The second kappa shape index (κ2) is 9.36. The number of carboxylic acid groups (broad SMARTS) is 1. The average Bonchev–Trinajstić information content (AvgIpc) is 2.66. The van der Waals surface area contributed by atoms with Gasteiger partial charge in [0.2, 0.25) is 11.8 Å². The fourth-order valence-electron chi connectivity index (χ4n) is 3.18. The molecule has 0 bridgehead atoms. The summed E-state index contributed by atoms with van der Waals surface area (Å²) in [6, 6.07) is 8.22. The zero-order valence-electron chi connectivity index (χ0n) is 15.6. The molecule has 6 nitrogen and oxygen atoms in total. The number of hydrogen-bond acceptors (Lipinski definition) is 3. The van der Waals surface area contributed by atoms with Crippen LogP contribution < -0.4 is 0 Å². The van der Waals surface area contributed by atoms with Crippen LogP contribution in [0, 0.1) is 5.92 Å². The highest BCUT2D eigenvalue weighted by Crippen LogP contribution is 2.17. The van der Waals surface area contributed by atoms with E-state index in [2.05, 4.69) is 19.1 Å². The van der Waals surface area contributed by atoms with E-state index < -0.39 is 11.9 Å². The molecule has 1 heterocycles. The summed E-state index contributed by atoms with van der Waals surface area (Å²) in [6.45, 7) is 2.90. The first kappa shape index (κ1) is 19.9. The van der Waals surface area contributed by atoms with Gasteiger partial charge in [-0.3, -0.25) is 14.4 Å². The smallest absolute Gasteiger partial charge is 0.308 e. The first-order valence-electron chi connectivity index (χ1n) is 9.23. The van der Waals surface area contributed by atoms with Gasteiger partial charge in [-0.15, -0.1) is 0 Å². The van der Waals surface area contributed by atoms with Gasteiger partial charge in [0.1, 0.15) is 0 Å². The van der Waals surface area contributed by atoms with Crippen molar-refractivity contribution in [2.45, 2.75) is 39.0 Å². The number of likely N-dealkylation sites (tertiary alicyclic amines) is 1. The van der Waals surface area contributed by atoms with Gasteiger partial charge in [-0.25, -0.2) is 0 Å². The van der Waals surface area contributed by atoms with Gasteiger partial charge in [0.05, 0.1) is 12.5 Å². The number of likely N-dealkylation sites (N-methyl/N-ethyl adjacent to an activating group) is 1. The van der Waals surface area contributed by atoms with Gasteiger partial charge in [0.15, 0.2) is 0 Å². The van der Waals surface area contributed by atoms with Crippen LogP contribution >= 0.6 is 0 Å². The van der Waals surface area contributed by atoms with E-state index in [1.807, 2.05) is 12.1 Å². The van der Waals surface area contributed by atoms with Crippen molar-refractivity contribution in [3.63, 3.8) is 0 Å². The Morgan fingerprint density at radius 2 is 1.85 bits per heavy atom. The third kappa shape index (κ3) is 5.58. The Labute approximate surface area is 154 Å². The van der Waals surface area contributed by atoms with E-state index in [-0.39, 0.29) is 24.9 Å². The molecule has 0 aromatic heterocycles. The number of benzene rings is 1. The zero-order valence-corrected chi connectivity index (χ0v) is 15.6. The largest absolute Gasteiger partial charge is 0.481 e. The molecule has 1 aliphatic heterocycles. The molecule has 1 unspecified atom stereocenters. The molecule has 0 saturated carbocycles. The van der Waals surface area contributed by atoms with Crippen LogP contribution in [0.2, 0.25) is 0 Å². The average molecular weight is 360 g/mol. The fraction of sp³-hybridized carbons (Fsp3) is 0.550. The highest BCUT2D eigenvalue weighted by Gasteiger charge is 2.28. The minimum atomic E-state index is -0.860. The lowest BCUT2D eigenvalue weighted by Crippen LogP contribution is -2.46. The van der Waals surface area contributed by atoms with Crippen molar-refractivity contribution in [1.82, 2.24) is 9.80 Å². The van der Waals surface area contributed by atoms with Crippen LogP contribution in [0.3, 0.4) is 0 Å². The lowest BCUT2D eigenvalue weighted by Gasteiger charge is -2.32. The highest BCUT2D eigenvalue weighted by atomic mass is 16.4. The minimum Gasteiger partial charge on any atom is -0.481 e. The van der Waals surface area contributed by atoms with Crippen LogP contribution in [0.15, 0.2) is 24.3 Å². The second-order valence-electron chi connectivity index (χ2n) is 6.94. The molecule has 2 amide bonds. The number of aliphatic carboxylic acids is 1. The summed E-state index contributed by atoms with van der Waals surface area (Å²) >= 11 is 0. The molecule has 0 radical (unpaired) electrons. The number of rotatable bonds is 7. The van der Waals surface area contributed by atoms with Crippen molar-refractivity contribution in [1.29, 1.82) is 0 Å². The summed E-state index contributed by atoms with van der Waals surface area (Å²) < 4.78 is 0. The molecule has 1 fully saturated rings. The number of carboxylic acids is 1. The molecular formula is C20H28N2O4. The fourth-order valence-corrected chi connectivity index (χ4v) is 3.18. The predicted molar refractivity (Wildman–Crippen MR) is 98.7 cm³/mol. The van der Waals surface area contributed by atoms with Gasteiger partial charge in [-0.2, -0.15) is 0 Å². The van der Waals surface area contributed by atoms with E-state index in [9.17, 15) is 14.4 Å². The van der Waals surface area contributed by atoms with Gasteiger partial charge in [-0.05, 0) is 36.8 Å². The van der Waals surface area contributed by atoms with Gasteiger partial charge in [0, 0.05) is 26.6 Å². The molecule has 0 spiro atoms. The quantitative estimate of drug-likeness (QED) is 0.806. The summed E-state index contributed by atoms with van der Waals surface area (Å²) in [5.41, 5.74) is 2.37. The standard InChI is InChI=1S/C20H28N2O4/c1-3-15-6-8-16(9-7-15)10-11-18(23)21(2)14-19(24)22-12-4-5-17(13-22)20(25)26/h6-9,17H,3-5,10-14H2,1-2H3,(H,25,26). The van der Waals surface area contributed by atoms with E-state index in [4.69, 9.17) is 5.11 Å². The Morgan fingerprint density at radius 1 is 1.19 bits per heavy atom. The zero-order chi connectivity index (χ0) is 19.1. The van der Waals surface area contributed by atoms with Crippen molar-refractivity contribution >= 4 is 17.8 Å². The maximum atomic E-state index is 12.4. The second-order valence-corrected chi connectivity index (χ2v) is 6.94. The van der Waals surface area contributed by atoms with E-state index >= 15 is 0 Å². The SMILES string of the molecule is CCc1ccc(CCC(=O)N(C)CC(=O)N2CCCC(C(=O)O)C2)cc1. The van der Waals surface area contributed by atoms with Crippen LogP contribution in [0.4, 0.5) is 0 Å². The van der Waals surface area contributed by atoms with Crippen LogP contribution in [0.1, 0.15) is 37.3 Å². The highest BCUT2D eigenvalue weighted by molar-refractivity contribution is 5.85. The Hall–Kier alpha value is -2.37. The van der Waals surface area contributed by atoms with Crippen molar-refractivity contribution in [2.75, 3.05) is 26.7 Å². The molecule has 6 heteroatoms. The minimum absolute atomic E-state index is 0.0000546. The number of amides is 2. The van der Waals surface area contributed by atoms with Crippen LogP contribution in [0.5, 0.6) is 0 Å². The maximum absolute atomic E-state index is 12.4. The first-order valence-corrected chi connectivity index (χ1v) is 9.23. The Balaban J connectivity index is 1.80. The third-order valence-corrected chi connectivity index (χ3v) is 4.98. The monoisotopic (exact) mass is 360 g/mol. The van der Waals surface area contributed by atoms with E-state index in [0.717, 1.165) is 12.0 Å². The predicted octanol–water partition coefficient (Wildman–Crippen LogP) is 1.96. The summed E-state index contributed by atoms with van der Waals surface area (Å²) in [5, 5.41) is 9.12. The summed E-state index contributed by atoms with van der Waals surface area (Å²) in [6.07, 6.45) is 3.28. The Bertz CT molecular complexity index is 642. The van der Waals surface area contributed by atoms with E-state index in [1.54, 1.807) is 11.9 Å². The van der Waals surface area contributed by atoms with Gasteiger partial charge < -0.3 is 14.9 Å². The molecule has 1 aromatic rings. The van der Waals surface area contributed by atoms with Crippen molar-refractivity contribution in [3.05, 3.63) is 35.4 Å². The van der Waals surface area contributed by atoms with Crippen LogP contribution in [-0.2, 0) is 27.2 Å². The van der Waals surface area contributed by atoms with Gasteiger partial charge in [-0.1, -0.05) is 31.2 Å². The van der Waals surface area contributed by atoms with Crippen molar-refractivity contribution < 1.29 is 19.5 Å². The lowest BCUT2D eigenvalue weighted by molar-refractivity contribution is -0.147. The normalized spacial score (nSPS) is 17.0. The molecule has 1 aromatic carbocycles. The number of carbonyl (C=O) groups is 3.